The molecular formula is C5H7F3O3. The molecular weight excluding hydrogens is 165 g/mol. The fourth-order valence-electron chi connectivity index (χ4n) is 0.423. The standard InChI is InChI=1S/C5H7F3O3/c1-10-4(2-11-3-9)5(6,7)8/h3-4H,2H2,1H3. The van der Waals surface area contributed by atoms with Crippen LogP contribution in [0.15, 0.2) is 0 Å². The highest BCUT2D eigenvalue weighted by Gasteiger charge is 2.40. The predicted molar refractivity (Wildman–Crippen MR) is 28.9 cm³/mol. The molecule has 0 aromatic carbocycles. The van der Waals surface area contributed by atoms with Crippen molar-refractivity contribution in [1.82, 2.24) is 0 Å². The highest BCUT2D eigenvalue weighted by atomic mass is 19.4. The lowest BCUT2D eigenvalue weighted by Gasteiger charge is -2.16. The molecule has 0 aromatic rings. The van der Waals surface area contributed by atoms with Crippen molar-refractivity contribution >= 4 is 6.47 Å². The molecule has 0 aliphatic rings. The lowest BCUT2D eigenvalue weighted by molar-refractivity contribution is -0.223. The quantitative estimate of drug-likeness (QED) is 0.586. The number of halogens is 3. The van der Waals surface area contributed by atoms with E-state index in [0.29, 0.717) is 0 Å². The lowest BCUT2D eigenvalue weighted by Crippen LogP contribution is -2.34. The Hall–Kier alpha value is -0.780. The average Bonchev–Trinajstić information content (AvgIpc) is 1.87. The van der Waals surface area contributed by atoms with Crippen LogP contribution in [0.1, 0.15) is 0 Å². The van der Waals surface area contributed by atoms with E-state index >= 15 is 0 Å². The van der Waals surface area contributed by atoms with Crippen molar-refractivity contribution in [3.8, 4) is 0 Å². The first-order chi connectivity index (χ1) is 5.02. The van der Waals surface area contributed by atoms with Crippen molar-refractivity contribution in [2.75, 3.05) is 13.7 Å². The van der Waals surface area contributed by atoms with E-state index < -0.39 is 18.9 Å². The van der Waals surface area contributed by atoms with Crippen molar-refractivity contribution in [3.05, 3.63) is 0 Å². The molecule has 11 heavy (non-hydrogen) atoms. The van der Waals surface area contributed by atoms with Crippen molar-refractivity contribution in [2.45, 2.75) is 12.3 Å². The smallest absolute Gasteiger partial charge is 0.417 e. The Bertz CT molecular complexity index is 123. The van der Waals surface area contributed by atoms with Crippen LogP contribution >= 0.6 is 0 Å². The van der Waals surface area contributed by atoms with Gasteiger partial charge in [0.25, 0.3) is 6.47 Å². The van der Waals surface area contributed by atoms with Crippen LogP contribution in [0.2, 0.25) is 0 Å². The third-order valence-corrected chi connectivity index (χ3v) is 0.965. The number of carbonyl (C=O) groups is 1. The van der Waals surface area contributed by atoms with Gasteiger partial charge in [-0.3, -0.25) is 4.79 Å². The van der Waals surface area contributed by atoms with Gasteiger partial charge in [-0.2, -0.15) is 13.2 Å². The Morgan fingerprint density at radius 2 is 2.09 bits per heavy atom. The second-order valence-corrected chi connectivity index (χ2v) is 1.70. The van der Waals surface area contributed by atoms with E-state index in [2.05, 4.69) is 9.47 Å². The number of carbonyl (C=O) groups excluding carboxylic acids is 1. The van der Waals surface area contributed by atoms with E-state index in [1.54, 1.807) is 0 Å². The molecule has 0 fully saturated rings. The summed E-state index contributed by atoms with van der Waals surface area (Å²) in [6.07, 6.45) is -6.52. The van der Waals surface area contributed by atoms with Gasteiger partial charge in [0.05, 0.1) is 0 Å². The zero-order valence-corrected chi connectivity index (χ0v) is 5.72. The molecule has 0 radical (unpaired) electrons. The second kappa shape index (κ2) is 4.17. The Kier molecular flexibility index (Phi) is 3.88. The number of ether oxygens (including phenoxy) is 2. The van der Waals surface area contributed by atoms with Crippen LogP contribution in [-0.4, -0.2) is 32.5 Å². The van der Waals surface area contributed by atoms with Crippen LogP contribution in [0.25, 0.3) is 0 Å². The van der Waals surface area contributed by atoms with Crippen molar-refractivity contribution < 1.29 is 27.4 Å². The molecule has 0 saturated carbocycles. The fourth-order valence-corrected chi connectivity index (χ4v) is 0.423. The Balaban J connectivity index is 3.85. The summed E-state index contributed by atoms with van der Waals surface area (Å²) in [4.78, 5) is 9.51. The van der Waals surface area contributed by atoms with Gasteiger partial charge >= 0.3 is 6.18 Å². The molecule has 0 N–H and O–H groups in total. The fraction of sp³-hybridized carbons (Fsp3) is 0.800. The summed E-state index contributed by atoms with van der Waals surface area (Å²) in [7, 11) is 0.895. The summed E-state index contributed by atoms with van der Waals surface area (Å²) in [5, 5.41) is 0. The third-order valence-electron chi connectivity index (χ3n) is 0.965. The highest BCUT2D eigenvalue weighted by Crippen LogP contribution is 2.22. The highest BCUT2D eigenvalue weighted by molar-refractivity contribution is 5.36. The largest absolute Gasteiger partial charge is 0.465 e. The molecule has 0 amide bonds. The maximum Gasteiger partial charge on any atom is 0.417 e. The predicted octanol–water partition coefficient (Wildman–Crippen LogP) is 0.737. The number of hydrogen-bond donors (Lipinski definition) is 0. The maximum absolute atomic E-state index is 11.7. The summed E-state index contributed by atoms with van der Waals surface area (Å²) in [6.45, 7) is -0.860. The van der Waals surface area contributed by atoms with Gasteiger partial charge in [-0.1, -0.05) is 0 Å². The van der Waals surface area contributed by atoms with Gasteiger partial charge in [-0.25, -0.2) is 0 Å². The van der Waals surface area contributed by atoms with Gasteiger partial charge in [-0.15, -0.1) is 0 Å². The summed E-state index contributed by atoms with van der Waals surface area (Å²) in [5.41, 5.74) is 0. The summed E-state index contributed by atoms with van der Waals surface area (Å²) < 4.78 is 43.1. The van der Waals surface area contributed by atoms with Crippen LogP contribution < -0.4 is 0 Å². The van der Waals surface area contributed by atoms with E-state index in [1.807, 2.05) is 0 Å². The molecule has 0 saturated heterocycles. The summed E-state index contributed by atoms with van der Waals surface area (Å²) in [5.74, 6) is 0. The molecule has 0 aliphatic carbocycles. The second-order valence-electron chi connectivity index (χ2n) is 1.70. The minimum absolute atomic E-state index is 0.0578. The number of rotatable bonds is 4. The summed E-state index contributed by atoms with van der Waals surface area (Å²) >= 11 is 0. The van der Waals surface area contributed by atoms with E-state index in [9.17, 15) is 18.0 Å². The van der Waals surface area contributed by atoms with Crippen molar-refractivity contribution in [3.63, 3.8) is 0 Å². The average molecular weight is 172 g/mol. The van der Waals surface area contributed by atoms with Crippen molar-refractivity contribution in [1.29, 1.82) is 0 Å². The first kappa shape index (κ1) is 10.2. The van der Waals surface area contributed by atoms with E-state index in [1.165, 1.54) is 0 Å². The van der Waals surface area contributed by atoms with Gasteiger partial charge in [0.15, 0.2) is 6.10 Å². The molecule has 1 unspecified atom stereocenters. The Labute approximate surface area is 61.1 Å². The summed E-state index contributed by atoms with van der Waals surface area (Å²) in [6, 6.07) is 0. The zero-order chi connectivity index (χ0) is 8.91. The molecule has 3 nitrogen and oxygen atoms in total. The first-order valence-corrected chi connectivity index (χ1v) is 2.67. The first-order valence-electron chi connectivity index (χ1n) is 2.67. The lowest BCUT2D eigenvalue weighted by atomic mass is 10.4. The van der Waals surface area contributed by atoms with Crippen LogP contribution in [0, 0.1) is 0 Å². The molecule has 0 rings (SSSR count). The van der Waals surface area contributed by atoms with Gasteiger partial charge < -0.3 is 9.47 Å². The van der Waals surface area contributed by atoms with Crippen LogP contribution in [0.4, 0.5) is 13.2 Å². The van der Waals surface area contributed by atoms with Gasteiger partial charge in [0, 0.05) is 7.11 Å². The Morgan fingerprint density at radius 1 is 1.55 bits per heavy atom. The van der Waals surface area contributed by atoms with Gasteiger partial charge in [-0.05, 0) is 0 Å². The van der Waals surface area contributed by atoms with Crippen LogP contribution in [0.3, 0.4) is 0 Å². The normalized spacial score (nSPS) is 14.2. The number of alkyl halides is 3. The van der Waals surface area contributed by atoms with Gasteiger partial charge in [0.1, 0.15) is 6.61 Å². The van der Waals surface area contributed by atoms with E-state index in [0.717, 1.165) is 7.11 Å². The number of methoxy groups -OCH3 is 1. The monoisotopic (exact) mass is 172 g/mol. The number of hydrogen-bond acceptors (Lipinski definition) is 3. The minimum Gasteiger partial charge on any atom is -0.465 e. The van der Waals surface area contributed by atoms with E-state index in [-0.39, 0.29) is 6.47 Å². The van der Waals surface area contributed by atoms with Crippen LogP contribution in [0.5, 0.6) is 0 Å². The topological polar surface area (TPSA) is 35.5 Å². The van der Waals surface area contributed by atoms with Crippen molar-refractivity contribution in [2.24, 2.45) is 0 Å². The third kappa shape index (κ3) is 3.82. The minimum atomic E-state index is -4.49. The molecule has 0 aromatic heterocycles. The molecule has 0 spiro atoms. The van der Waals surface area contributed by atoms with Crippen LogP contribution in [-0.2, 0) is 14.3 Å². The Morgan fingerprint density at radius 3 is 2.36 bits per heavy atom. The molecule has 0 heterocycles. The molecule has 6 heteroatoms. The molecule has 0 bridgehead atoms. The van der Waals surface area contributed by atoms with E-state index in [4.69, 9.17) is 0 Å². The molecule has 0 aliphatic heterocycles. The SMILES string of the molecule is COC(COC=O)C(F)(F)F. The maximum atomic E-state index is 11.7. The zero-order valence-electron chi connectivity index (χ0n) is 5.72. The molecule has 66 valence electrons. The van der Waals surface area contributed by atoms with Gasteiger partial charge in [0.2, 0.25) is 0 Å². The molecule has 1 atom stereocenters.